The summed E-state index contributed by atoms with van der Waals surface area (Å²) in [5.74, 6) is -0.288. The Balaban J connectivity index is 3.22. The normalized spacial score (nSPS) is 12.6. The van der Waals surface area contributed by atoms with Crippen LogP contribution in [0.2, 0.25) is 0 Å². The molecule has 0 aromatic carbocycles. The number of aliphatic hydroxyl groups excluding tert-OH is 1. The van der Waals surface area contributed by atoms with Crippen LogP contribution in [-0.2, 0) is 14.3 Å². The predicted octanol–water partition coefficient (Wildman–Crippen LogP) is 10.0. The maximum atomic E-state index is 11.2. The van der Waals surface area contributed by atoms with E-state index in [0.29, 0.717) is 13.0 Å². The van der Waals surface area contributed by atoms with Gasteiger partial charge in [0.25, 0.3) is 0 Å². The van der Waals surface area contributed by atoms with Crippen LogP contribution in [0.3, 0.4) is 0 Å². The van der Waals surface area contributed by atoms with Gasteiger partial charge in [0.15, 0.2) is 0 Å². The third-order valence-electron chi connectivity index (χ3n) is 7.08. The third-order valence-corrected chi connectivity index (χ3v) is 7.08. The van der Waals surface area contributed by atoms with Gasteiger partial charge in [-0.1, -0.05) is 141 Å². The summed E-state index contributed by atoms with van der Waals surface area (Å²) in [4.78, 5) is 11.2. The molecule has 1 unspecified atom stereocenters. The van der Waals surface area contributed by atoms with Crippen molar-refractivity contribution in [3.63, 3.8) is 0 Å². The Kier molecular flexibility index (Phi) is 31.1. The zero-order valence-corrected chi connectivity index (χ0v) is 25.4. The summed E-state index contributed by atoms with van der Waals surface area (Å²) in [6, 6.07) is 0. The van der Waals surface area contributed by atoms with Crippen LogP contribution < -0.4 is 0 Å². The van der Waals surface area contributed by atoms with E-state index in [0.717, 1.165) is 12.8 Å². The summed E-state index contributed by atoms with van der Waals surface area (Å²) in [6.45, 7) is 4.81. The number of allylic oxidation sites excluding steroid dienone is 4. The van der Waals surface area contributed by atoms with Crippen LogP contribution in [-0.4, -0.2) is 37.0 Å². The van der Waals surface area contributed by atoms with Crippen LogP contribution in [0.1, 0.15) is 162 Å². The van der Waals surface area contributed by atoms with Crippen molar-refractivity contribution in [2.45, 2.75) is 168 Å². The van der Waals surface area contributed by atoms with Crippen molar-refractivity contribution >= 4 is 5.97 Å². The highest BCUT2D eigenvalue weighted by atomic mass is 16.6. The lowest BCUT2D eigenvalue weighted by Gasteiger charge is -2.15. The quantitative estimate of drug-likeness (QED) is 0.0563. The first kappa shape index (κ1) is 36.9. The average molecular weight is 537 g/mol. The highest BCUT2D eigenvalue weighted by molar-refractivity contribution is 5.69. The van der Waals surface area contributed by atoms with Crippen molar-refractivity contribution in [3.05, 3.63) is 24.3 Å². The van der Waals surface area contributed by atoms with Gasteiger partial charge in [-0.25, -0.2) is 0 Å². The molecular weight excluding hydrogens is 472 g/mol. The van der Waals surface area contributed by atoms with Crippen molar-refractivity contribution in [2.75, 3.05) is 19.8 Å². The van der Waals surface area contributed by atoms with Crippen molar-refractivity contribution in [2.24, 2.45) is 0 Å². The van der Waals surface area contributed by atoms with Gasteiger partial charge in [0.2, 0.25) is 0 Å². The molecule has 0 amide bonds. The zero-order valence-electron chi connectivity index (χ0n) is 25.4. The van der Waals surface area contributed by atoms with E-state index in [-0.39, 0.29) is 19.2 Å². The maximum Gasteiger partial charge on any atom is 0.305 e. The molecule has 4 nitrogen and oxygen atoms in total. The molecule has 0 rings (SSSR count). The number of unbranched alkanes of at least 4 members (excludes halogenated alkanes) is 19. The summed E-state index contributed by atoms with van der Waals surface area (Å²) in [7, 11) is 0. The minimum Gasteiger partial charge on any atom is -0.457 e. The third kappa shape index (κ3) is 29.4. The smallest absolute Gasteiger partial charge is 0.305 e. The molecule has 0 saturated carbocycles. The molecule has 0 bridgehead atoms. The number of carbonyl (C=O) groups is 1. The largest absolute Gasteiger partial charge is 0.457 e. The SMILES string of the molecule is CCCCCCC/C=C\C/C=C\CCCCCCCCCCCCCCCCOCC(CO)OC(=O)CC. The van der Waals surface area contributed by atoms with Crippen LogP contribution in [0, 0.1) is 0 Å². The van der Waals surface area contributed by atoms with Crippen molar-refractivity contribution in [3.8, 4) is 0 Å². The van der Waals surface area contributed by atoms with E-state index in [1.165, 1.54) is 128 Å². The van der Waals surface area contributed by atoms with E-state index in [4.69, 9.17) is 9.47 Å². The molecule has 0 aliphatic heterocycles. The van der Waals surface area contributed by atoms with Crippen LogP contribution in [0.15, 0.2) is 24.3 Å². The molecule has 0 aliphatic carbocycles. The summed E-state index contributed by atoms with van der Waals surface area (Å²) in [5.41, 5.74) is 0. The van der Waals surface area contributed by atoms with Gasteiger partial charge in [0, 0.05) is 13.0 Å². The Morgan fingerprint density at radius 1 is 0.632 bits per heavy atom. The number of aliphatic hydroxyl groups is 1. The van der Waals surface area contributed by atoms with Gasteiger partial charge in [-0.15, -0.1) is 0 Å². The van der Waals surface area contributed by atoms with E-state index in [1.54, 1.807) is 6.92 Å². The minimum absolute atomic E-state index is 0.179. The Bertz CT molecular complexity index is 529. The first-order valence-electron chi connectivity index (χ1n) is 16.4. The summed E-state index contributed by atoms with van der Waals surface area (Å²) in [5, 5.41) is 9.21. The maximum absolute atomic E-state index is 11.2. The topological polar surface area (TPSA) is 55.8 Å². The van der Waals surface area contributed by atoms with E-state index in [1.807, 2.05) is 0 Å². The van der Waals surface area contributed by atoms with Crippen molar-refractivity contribution in [1.82, 2.24) is 0 Å². The van der Waals surface area contributed by atoms with Gasteiger partial charge in [-0.3, -0.25) is 4.79 Å². The van der Waals surface area contributed by atoms with Gasteiger partial charge in [0.1, 0.15) is 6.10 Å². The van der Waals surface area contributed by atoms with E-state index < -0.39 is 6.10 Å². The molecule has 4 heteroatoms. The molecule has 0 saturated heterocycles. The fourth-order valence-corrected chi connectivity index (χ4v) is 4.57. The Labute approximate surface area is 237 Å². The van der Waals surface area contributed by atoms with Gasteiger partial charge in [-0.2, -0.15) is 0 Å². The standard InChI is InChI=1S/C34H64O4/c1-3-5-6-7-8-9-10-11-12-13-14-15-16-17-18-19-20-21-22-23-24-25-26-27-28-29-30-37-32-33(31-35)38-34(36)4-2/h10-11,13-14,33,35H,3-9,12,15-32H2,1-2H3/b11-10-,14-13-. The lowest BCUT2D eigenvalue weighted by Crippen LogP contribution is -2.27. The van der Waals surface area contributed by atoms with Crippen LogP contribution in [0.25, 0.3) is 0 Å². The molecule has 0 spiro atoms. The van der Waals surface area contributed by atoms with Crippen molar-refractivity contribution < 1.29 is 19.4 Å². The molecule has 0 heterocycles. The molecule has 0 aromatic rings. The van der Waals surface area contributed by atoms with Crippen LogP contribution in [0.5, 0.6) is 0 Å². The number of hydrogen-bond donors (Lipinski definition) is 1. The second-order valence-electron chi connectivity index (χ2n) is 10.8. The Hall–Kier alpha value is -1.13. The molecule has 224 valence electrons. The lowest BCUT2D eigenvalue weighted by molar-refractivity contribution is -0.154. The van der Waals surface area contributed by atoms with E-state index >= 15 is 0 Å². The molecule has 0 aromatic heterocycles. The first-order chi connectivity index (χ1) is 18.7. The minimum atomic E-state index is -0.526. The molecule has 0 fully saturated rings. The first-order valence-corrected chi connectivity index (χ1v) is 16.4. The van der Waals surface area contributed by atoms with E-state index in [9.17, 15) is 9.90 Å². The Morgan fingerprint density at radius 3 is 1.53 bits per heavy atom. The number of ether oxygens (including phenoxy) is 2. The highest BCUT2D eigenvalue weighted by Gasteiger charge is 2.12. The summed E-state index contributed by atoms with van der Waals surface area (Å²) < 4.78 is 10.6. The average Bonchev–Trinajstić information content (AvgIpc) is 2.93. The molecule has 0 radical (unpaired) electrons. The summed E-state index contributed by atoms with van der Waals surface area (Å²) >= 11 is 0. The van der Waals surface area contributed by atoms with Crippen molar-refractivity contribution in [1.29, 1.82) is 0 Å². The molecule has 38 heavy (non-hydrogen) atoms. The number of hydrogen-bond acceptors (Lipinski definition) is 4. The second-order valence-corrected chi connectivity index (χ2v) is 10.8. The number of rotatable bonds is 30. The molecular formula is C34H64O4. The van der Waals surface area contributed by atoms with Crippen LogP contribution >= 0.6 is 0 Å². The number of carbonyl (C=O) groups excluding carboxylic acids is 1. The molecule has 0 aliphatic rings. The molecule has 1 N–H and O–H groups in total. The van der Waals surface area contributed by atoms with Gasteiger partial charge in [0.05, 0.1) is 13.2 Å². The fourth-order valence-electron chi connectivity index (χ4n) is 4.57. The zero-order chi connectivity index (χ0) is 27.8. The summed E-state index contributed by atoms with van der Waals surface area (Å²) in [6.07, 6.45) is 38.4. The number of esters is 1. The lowest BCUT2D eigenvalue weighted by atomic mass is 10.0. The molecule has 1 atom stereocenters. The monoisotopic (exact) mass is 536 g/mol. The predicted molar refractivity (Wildman–Crippen MR) is 164 cm³/mol. The second kappa shape index (κ2) is 32.1. The van der Waals surface area contributed by atoms with Gasteiger partial charge in [-0.05, 0) is 38.5 Å². The van der Waals surface area contributed by atoms with Gasteiger partial charge < -0.3 is 14.6 Å². The van der Waals surface area contributed by atoms with E-state index in [2.05, 4.69) is 31.2 Å². The van der Waals surface area contributed by atoms with Crippen LogP contribution in [0.4, 0.5) is 0 Å². The highest BCUT2D eigenvalue weighted by Crippen LogP contribution is 2.14. The Morgan fingerprint density at radius 2 is 1.08 bits per heavy atom. The fraction of sp³-hybridized carbons (Fsp3) is 0.853. The van der Waals surface area contributed by atoms with Gasteiger partial charge >= 0.3 is 5.97 Å².